The SMILES string of the molecule is Cc1c(NS(=O)(=O)c2cccc(Cl)c2C)cccc1C(N)=O. The number of primary amides is 1. The molecule has 22 heavy (non-hydrogen) atoms. The number of anilines is 1. The van der Waals surface area contributed by atoms with Gasteiger partial charge in [-0.1, -0.05) is 23.7 Å². The van der Waals surface area contributed by atoms with E-state index >= 15 is 0 Å². The van der Waals surface area contributed by atoms with E-state index in [-0.39, 0.29) is 10.5 Å². The van der Waals surface area contributed by atoms with E-state index in [0.717, 1.165) is 0 Å². The molecule has 0 aliphatic heterocycles. The topological polar surface area (TPSA) is 89.3 Å². The third-order valence-corrected chi connectivity index (χ3v) is 5.27. The maximum absolute atomic E-state index is 12.5. The van der Waals surface area contributed by atoms with Crippen molar-refractivity contribution in [3.63, 3.8) is 0 Å². The van der Waals surface area contributed by atoms with E-state index in [0.29, 0.717) is 21.8 Å². The van der Waals surface area contributed by atoms with Crippen LogP contribution in [0.4, 0.5) is 5.69 Å². The number of rotatable bonds is 4. The van der Waals surface area contributed by atoms with Crippen LogP contribution in [0, 0.1) is 13.8 Å². The Morgan fingerprint density at radius 3 is 2.36 bits per heavy atom. The number of benzene rings is 2. The summed E-state index contributed by atoms with van der Waals surface area (Å²) in [4.78, 5) is 11.4. The number of nitrogens with two attached hydrogens (primary N) is 1. The predicted molar refractivity (Wildman–Crippen MR) is 86.7 cm³/mol. The summed E-state index contributed by atoms with van der Waals surface area (Å²) < 4.78 is 27.5. The van der Waals surface area contributed by atoms with E-state index in [1.54, 1.807) is 44.2 Å². The second-order valence-electron chi connectivity index (χ2n) is 4.81. The van der Waals surface area contributed by atoms with Gasteiger partial charge in [0.2, 0.25) is 5.91 Å². The molecule has 0 saturated carbocycles. The Hall–Kier alpha value is -2.05. The van der Waals surface area contributed by atoms with Crippen molar-refractivity contribution in [3.05, 3.63) is 58.1 Å². The van der Waals surface area contributed by atoms with Gasteiger partial charge in [-0.25, -0.2) is 8.42 Å². The van der Waals surface area contributed by atoms with Gasteiger partial charge in [0.25, 0.3) is 10.0 Å². The largest absolute Gasteiger partial charge is 0.366 e. The molecule has 5 nitrogen and oxygen atoms in total. The van der Waals surface area contributed by atoms with Gasteiger partial charge in [-0.3, -0.25) is 9.52 Å². The van der Waals surface area contributed by atoms with Crippen LogP contribution in [0.1, 0.15) is 21.5 Å². The first-order valence-corrected chi connectivity index (χ1v) is 8.27. The molecule has 2 rings (SSSR count). The molecule has 0 bridgehead atoms. The smallest absolute Gasteiger partial charge is 0.262 e. The Labute approximate surface area is 134 Å². The number of hydrogen-bond donors (Lipinski definition) is 2. The minimum Gasteiger partial charge on any atom is -0.366 e. The summed E-state index contributed by atoms with van der Waals surface area (Å²) in [5.74, 6) is -0.613. The molecule has 0 radical (unpaired) electrons. The second kappa shape index (κ2) is 5.98. The molecule has 2 aromatic carbocycles. The van der Waals surface area contributed by atoms with Gasteiger partial charge < -0.3 is 5.73 Å². The Morgan fingerprint density at radius 2 is 1.73 bits per heavy atom. The van der Waals surface area contributed by atoms with Crippen LogP contribution in [0.15, 0.2) is 41.3 Å². The molecule has 0 heterocycles. The first-order chi connectivity index (χ1) is 10.2. The highest BCUT2D eigenvalue weighted by molar-refractivity contribution is 7.92. The predicted octanol–water partition coefficient (Wildman–Crippen LogP) is 2.86. The molecule has 3 N–H and O–H groups in total. The van der Waals surface area contributed by atoms with Crippen LogP contribution in [-0.2, 0) is 10.0 Å². The van der Waals surface area contributed by atoms with Gasteiger partial charge >= 0.3 is 0 Å². The third kappa shape index (κ3) is 3.08. The lowest BCUT2D eigenvalue weighted by Gasteiger charge is -2.14. The highest BCUT2D eigenvalue weighted by Gasteiger charge is 2.20. The van der Waals surface area contributed by atoms with Crippen LogP contribution in [0.3, 0.4) is 0 Å². The lowest BCUT2D eigenvalue weighted by molar-refractivity contribution is 0.0999. The normalized spacial score (nSPS) is 11.2. The van der Waals surface area contributed by atoms with Crippen molar-refractivity contribution in [3.8, 4) is 0 Å². The Kier molecular flexibility index (Phi) is 4.44. The number of halogens is 1. The summed E-state index contributed by atoms with van der Waals surface area (Å²) in [6.45, 7) is 3.26. The fraction of sp³-hybridized carbons (Fsp3) is 0.133. The number of nitrogens with one attached hydrogen (secondary N) is 1. The van der Waals surface area contributed by atoms with Gasteiger partial charge in [-0.15, -0.1) is 0 Å². The number of carbonyl (C=O) groups excluding carboxylic acids is 1. The molecule has 0 atom stereocenters. The molecule has 0 unspecified atom stereocenters. The van der Waals surface area contributed by atoms with Crippen molar-refractivity contribution in [1.82, 2.24) is 0 Å². The molecule has 0 aromatic heterocycles. The van der Waals surface area contributed by atoms with Crippen molar-refractivity contribution in [2.24, 2.45) is 5.73 Å². The van der Waals surface area contributed by atoms with Crippen molar-refractivity contribution in [1.29, 1.82) is 0 Å². The Balaban J connectivity index is 2.48. The summed E-state index contributed by atoms with van der Waals surface area (Å²) in [6, 6.07) is 9.33. The molecule has 7 heteroatoms. The van der Waals surface area contributed by atoms with E-state index in [9.17, 15) is 13.2 Å². The first-order valence-electron chi connectivity index (χ1n) is 6.41. The Morgan fingerprint density at radius 1 is 1.09 bits per heavy atom. The van der Waals surface area contributed by atoms with Crippen molar-refractivity contribution in [2.45, 2.75) is 18.7 Å². The summed E-state index contributed by atoms with van der Waals surface area (Å²) in [5, 5.41) is 0.366. The average Bonchev–Trinajstić information content (AvgIpc) is 2.43. The molecule has 0 spiro atoms. The standard InChI is InChI=1S/C15H15ClN2O3S/c1-9-11(15(17)19)5-3-7-13(9)18-22(20,21)14-8-4-6-12(16)10(14)2/h3-8,18H,1-2H3,(H2,17,19). The summed E-state index contributed by atoms with van der Waals surface area (Å²) in [7, 11) is -3.82. The van der Waals surface area contributed by atoms with Crippen molar-refractivity contribution < 1.29 is 13.2 Å². The number of amides is 1. The Bertz CT molecular complexity index is 848. The fourth-order valence-electron chi connectivity index (χ4n) is 2.09. The molecule has 0 fully saturated rings. The zero-order valence-electron chi connectivity index (χ0n) is 12.1. The van der Waals surface area contributed by atoms with Crippen LogP contribution < -0.4 is 10.5 Å². The van der Waals surface area contributed by atoms with Crippen LogP contribution in [0.5, 0.6) is 0 Å². The van der Waals surface area contributed by atoms with Gasteiger partial charge in [-0.05, 0) is 49.2 Å². The van der Waals surface area contributed by atoms with E-state index in [4.69, 9.17) is 17.3 Å². The van der Waals surface area contributed by atoms with Gasteiger partial charge in [0.05, 0.1) is 10.6 Å². The summed E-state index contributed by atoms with van der Waals surface area (Å²) >= 11 is 5.97. The number of carbonyl (C=O) groups is 1. The van der Waals surface area contributed by atoms with Crippen LogP contribution in [-0.4, -0.2) is 14.3 Å². The van der Waals surface area contributed by atoms with E-state index in [2.05, 4.69) is 4.72 Å². The van der Waals surface area contributed by atoms with Gasteiger partial charge in [0, 0.05) is 10.6 Å². The van der Waals surface area contributed by atoms with Crippen molar-refractivity contribution >= 4 is 33.2 Å². The maximum Gasteiger partial charge on any atom is 0.262 e. The van der Waals surface area contributed by atoms with Crippen LogP contribution in [0.2, 0.25) is 5.02 Å². The van der Waals surface area contributed by atoms with Gasteiger partial charge in [0.15, 0.2) is 0 Å². The minimum absolute atomic E-state index is 0.0869. The van der Waals surface area contributed by atoms with Crippen molar-refractivity contribution in [2.75, 3.05) is 4.72 Å². The van der Waals surface area contributed by atoms with E-state index in [1.165, 1.54) is 6.07 Å². The van der Waals surface area contributed by atoms with Crippen LogP contribution >= 0.6 is 11.6 Å². The average molecular weight is 339 g/mol. The van der Waals surface area contributed by atoms with Gasteiger partial charge in [0.1, 0.15) is 0 Å². The summed E-state index contributed by atoms with van der Waals surface area (Å²) in [5.41, 5.74) is 6.77. The van der Waals surface area contributed by atoms with E-state index in [1.807, 2.05) is 0 Å². The lowest BCUT2D eigenvalue weighted by Crippen LogP contribution is -2.18. The third-order valence-electron chi connectivity index (χ3n) is 3.35. The summed E-state index contributed by atoms with van der Waals surface area (Å²) in [6.07, 6.45) is 0. The molecule has 0 aliphatic carbocycles. The molecule has 2 aromatic rings. The molecule has 116 valence electrons. The van der Waals surface area contributed by atoms with E-state index < -0.39 is 15.9 Å². The minimum atomic E-state index is -3.82. The lowest BCUT2D eigenvalue weighted by atomic mass is 10.1. The maximum atomic E-state index is 12.5. The second-order valence-corrected chi connectivity index (χ2v) is 6.87. The van der Waals surface area contributed by atoms with Crippen LogP contribution in [0.25, 0.3) is 0 Å². The highest BCUT2D eigenvalue weighted by Crippen LogP contribution is 2.26. The monoisotopic (exact) mass is 338 g/mol. The molecule has 1 amide bonds. The first kappa shape index (κ1) is 16.3. The number of sulfonamides is 1. The zero-order valence-corrected chi connectivity index (χ0v) is 13.6. The highest BCUT2D eigenvalue weighted by atomic mass is 35.5. The molecular weight excluding hydrogens is 324 g/mol. The molecular formula is C15H15ClN2O3S. The molecule has 0 saturated heterocycles. The fourth-order valence-corrected chi connectivity index (χ4v) is 3.71. The number of hydrogen-bond acceptors (Lipinski definition) is 3. The zero-order chi connectivity index (χ0) is 16.5. The van der Waals surface area contributed by atoms with Gasteiger partial charge in [-0.2, -0.15) is 0 Å². The molecule has 0 aliphatic rings. The quantitative estimate of drug-likeness (QED) is 0.898.